The van der Waals surface area contributed by atoms with Crippen LogP contribution in [0.1, 0.15) is 39.5 Å². The molecule has 14 heavy (non-hydrogen) atoms. The van der Waals surface area contributed by atoms with Gasteiger partial charge in [-0.05, 0) is 6.42 Å². The van der Waals surface area contributed by atoms with Crippen LogP contribution < -0.4 is 0 Å². The Morgan fingerprint density at radius 2 is 2.07 bits per heavy atom. The van der Waals surface area contributed by atoms with Gasteiger partial charge < -0.3 is 9.47 Å². The number of hydrogen-bond acceptors (Lipinski definition) is 4. The fourth-order valence-electron chi connectivity index (χ4n) is 1.02. The van der Waals surface area contributed by atoms with Crippen LogP contribution in [0.3, 0.4) is 0 Å². The van der Waals surface area contributed by atoms with Gasteiger partial charge in [0, 0.05) is 13.5 Å². The zero-order valence-corrected chi connectivity index (χ0v) is 10.0. The summed E-state index contributed by atoms with van der Waals surface area (Å²) in [6.45, 7) is 3.98. The number of rotatable bonds is 7. The maximum Gasteiger partial charge on any atom is 0.321 e. The summed E-state index contributed by atoms with van der Waals surface area (Å²) in [4.78, 5) is 11.4. The van der Waals surface area contributed by atoms with Crippen molar-refractivity contribution < 1.29 is 14.3 Å². The largest absolute Gasteiger partial charge is 0.435 e. The van der Waals surface area contributed by atoms with Crippen LogP contribution >= 0.6 is 12.6 Å². The molecule has 0 aromatic heterocycles. The van der Waals surface area contributed by atoms with Crippen LogP contribution in [0.2, 0.25) is 0 Å². The summed E-state index contributed by atoms with van der Waals surface area (Å²) in [6.07, 6.45) is 3.05. The number of ether oxygens (including phenoxy) is 2. The van der Waals surface area contributed by atoms with Gasteiger partial charge in [0.1, 0.15) is 0 Å². The lowest BCUT2D eigenvalue weighted by atomic mass is 10.2. The monoisotopic (exact) mass is 220 g/mol. The molecule has 0 heterocycles. The molecule has 0 radical (unpaired) electrons. The summed E-state index contributed by atoms with van der Waals surface area (Å²) in [5, 5.41) is -0.320. The van der Waals surface area contributed by atoms with Gasteiger partial charge >= 0.3 is 5.97 Å². The zero-order valence-electron chi connectivity index (χ0n) is 9.16. The van der Waals surface area contributed by atoms with E-state index in [9.17, 15) is 4.79 Å². The fraction of sp³-hybridized carbons (Fsp3) is 0.900. The van der Waals surface area contributed by atoms with Crippen molar-refractivity contribution in [3.8, 4) is 0 Å². The van der Waals surface area contributed by atoms with E-state index in [4.69, 9.17) is 9.47 Å². The Hall–Kier alpha value is -0.220. The highest BCUT2D eigenvalue weighted by Crippen LogP contribution is 2.11. The number of carbonyl (C=O) groups excluding carboxylic acids is 1. The Morgan fingerprint density at radius 3 is 2.50 bits per heavy atom. The molecule has 0 amide bonds. The summed E-state index contributed by atoms with van der Waals surface area (Å²) in [5.41, 5.74) is 0. The van der Waals surface area contributed by atoms with E-state index < -0.39 is 6.29 Å². The molecule has 0 rings (SSSR count). The third kappa shape index (κ3) is 5.50. The van der Waals surface area contributed by atoms with Crippen LogP contribution in [0, 0.1) is 0 Å². The summed E-state index contributed by atoms with van der Waals surface area (Å²) < 4.78 is 10.0. The molecule has 0 saturated carbocycles. The van der Waals surface area contributed by atoms with E-state index in [1.165, 1.54) is 7.11 Å². The summed E-state index contributed by atoms with van der Waals surface area (Å²) in [6, 6.07) is 0. The number of hydrogen-bond donors (Lipinski definition) is 1. The van der Waals surface area contributed by atoms with Gasteiger partial charge in [0.15, 0.2) is 0 Å². The van der Waals surface area contributed by atoms with E-state index in [0.717, 1.165) is 19.3 Å². The Morgan fingerprint density at radius 1 is 1.43 bits per heavy atom. The predicted molar refractivity (Wildman–Crippen MR) is 59.5 cm³/mol. The molecular formula is C10H20O3S. The normalized spacial score (nSPS) is 14.9. The first-order chi connectivity index (χ1) is 6.65. The van der Waals surface area contributed by atoms with E-state index in [1.54, 1.807) is 0 Å². The standard InChI is InChI=1S/C10H20O3S/c1-4-6-7-8(14)10(11)13-9(5-2)12-3/h8-9,14H,4-7H2,1-3H3. The van der Waals surface area contributed by atoms with Crippen molar-refractivity contribution >= 4 is 18.6 Å². The Bertz CT molecular complexity index is 157. The SMILES string of the molecule is CCCCC(S)C(=O)OC(CC)OC. The number of esters is 1. The Labute approximate surface area is 91.6 Å². The topological polar surface area (TPSA) is 35.5 Å². The summed E-state index contributed by atoms with van der Waals surface area (Å²) >= 11 is 4.18. The first-order valence-electron chi connectivity index (χ1n) is 5.07. The highest BCUT2D eigenvalue weighted by molar-refractivity contribution is 7.81. The molecule has 0 aliphatic carbocycles. The minimum absolute atomic E-state index is 0.282. The molecule has 0 aromatic carbocycles. The van der Waals surface area contributed by atoms with E-state index in [-0.39, 0.29) is 11.2 Å². The second-order valence-corrected chi connectivity index (χ2v) is 3.79. The molecule has 0 fully saturated rings. The van der Waals surface area contributed by atoms with Crippen LogP contribution in [0.25, 0.3) is 0 Å². The van der Waals surface area contributed by atoms with Crippen molar-refractivity contribution in [3.05, 3.63) is 0 Å². The number of carbonyl (C=O) groups is 1. The van der Waals surface area contributed by atoms with Gasteiger partial charge in [-0.25, -0.2) is 0 Å². The van der Waals surface area contributed by atoms with E-state index in [2.05, 4.69) is 19.6 Å². The van der Waals surface area contributed by atoms with Crippen molar-refractivity contribution in [3.63, 3.8) is 0 Å². The van der Waals surface area contributed by atoms with Crippen molar-refractivity contribution in [2.24, 2.45) is 0 Å². The van der Waals surface area contributed by atoms with Gasteiger partial charge in [-0.2, -0.15) is 12.6 Å². The minimum atomic E-state index is -0.432. The van der Waals surface area contributed by atoms with Crippen molar-refractivity contribution in [1.29, 1.82) is 0 Å². The first kappa shape index (κ1) is 13.8. The van der Waals surface area contributed by atoms with E-state index in [0.29, 0.717) is 6.42 Å². The van der Waals surface area contributed by atoms with Gasteiger partial charge in [-0.1, -0.05) is 26.7 Å². The molecule has 0 aliphatic heterocycles. The molecule has 0 spiro atoms. The average molecular weight is 220 g/mol. The fourth-order valence-corrected chi connectivity index (χ4v) is 1.26. The van der Waals surface area contributed by atoms with Gasteiger partial charge in [0.25, 0.3) is 0 Å². The molecule has 0 N–H and O–H groups in total. The Balaban J connectivity index is 3.81. The van der Waals surface area contributed by atoms with Gasteiger partial charge in [-0.15, -0.1) is 0 Å². The molecule has 0 saturated heterocycles. The second-order valence-electron chi connectivity index (χ2n) is 3.17. The lowest BCUT2D eigenvalue weighted by molar-refractivity contribution is -0.173. The molecule has 2 atom stereocenters. The third-order valence-corrected chi connectivity index (χ3v) is 2.42. The maximum absolute atomic E-state index is 11.4. The molecule has 2 unspecified atom stereocenters. The molecule has 0 aromatic rings. The molecule has 84 valence electrons. The predicted octanol–water partition coefficient (Wildman–Crippen LogP) is 2.40. The third-order valence-electron chi connectivity index (χ3n) is 1.95. The zero-order chi connectivity index (χ0) is 11.0. The van der Waals surface area contributed by atoms with Crippen LogP contribution in [-0.4, -0.2) is 24.6 Å². The number of unbranched alkanes of at least 4 members (excludes halogenated alkanes) is 1. The maximum atomic E-state index is 11.4. The van der Waals surface area contributed by atoms with Crippen LogP contribution in [0.15, 0.2) is 0 Å². The van der Waals surface area contributed by atoms with Gasteiger partial charge in [-0.3, -0.25) is 4.79 Å². The second kappa shape index (κ2) is 8.12. The van der Waals surface area contributed by atoms with Crippen LogP contribution in [0.4, 0.5) is 0 Å². The number of thiol groups is 1. The van der Waals surface area contributed by atoms with E-state index >= 15 is 0 Å². The first-order valence-corrected chi connectivity index (χ1v) is 5.58. The van der Waals surface area contributed by atoms with Gasteiger partial charge in [0.2, 0.25) is 6.29 Å². The Kier molecular flexibility index (Phi) is 7.99. The van der Waals surface area contributed by atoms with Crippen molar-refractivity contribution in [1.82, 2.24) is 0 Å². The van der Waals surface area contributed by atoms with Crippen LogP contribution in [0.5, 0.6) is 0 Å². The molecule has 4 heteroatoms. The highest BCUT2D eigenvalue weighted by Gasteiger charge is 2.18. The van der Waals surface area contributed by atoms with Crippen LogP contribution in [-0.2, 0) is 14.3 Å². The lowest BCUT2D eigenvalue weighted by Gasteiger charge is -2.16. The van der Waals surface area contributed by atoms with Crippen molar-refractivity contribution in [2.75, 3.05) is 7.11 Å². The summed E-state index contributed by atoms with van der Waals surface area (Å²) in [5.74, 6) is -0.282. The summed E-state index contributed by atoms with van der Waals surface area (Å²) in [7, 11) is 1.53. The molecular weight excluding hydrogens is 200 g/mol. The minimum Gasteiger partial charge on any atom is -0.435 e. The quantitative estimate of drug-likeness (QED) is 0.406. The molecule has 0 aliphatic rings. The van der Waals surface area contributed by atoms with Gasteiger partial charge in [0.05, 0.1) is 5.25 Å². The number of methoxy groups -OCH3 is 1. The highest BCUT2D eigenvalue weighted by atomic mass is 32.1. The lowest BCUT2D eigenvalue weighted by Crippen LogP contribution is -2.25. The molecule has 3 nitrogen and oxygen atoms in total. The molecule has 0 bridgehead atoms. The van der Waals surface area contributed by atoms with Crippen molar-refractivity contribution in [2.45, 2.75) is 51.1 Å². The smallest absolute Gasteiger partial charge is 0.321 e. The average Bonchev–Trinajstić information content (AvgIpc) is 2.21. The van der Waals surface area contributed by atoms with E-state index in [1.807, 2.05) is 6.92 Å².